The van der Waals surface area contributed by atoms with Crippen molar-refractivity contribution in [3.63, 3.8) is 0 Å². The number of rotatable bonds is 7. The molecule has 0 spiro atoms. The summed E-state index contributed by atoms with van der Waals surface area (Å²) in [5.41, 5.74) is 0.212. The molecule has 2 aromatic carbocycles. The van der Waals surface area contributed by atoms with Crippen LogP contribution < -0.4 is 9.47 Å². The van der Waals surface area contributed by atoms with Crippen molar-refractivity contribution >= 4 is 5.91 Å². The summed E-state index contributed by atoms with van der Waals surface area (Å²) < 4.78 is 43.2. The predicted octanol–water partition coefficient (Wildman–Crippen LogP) is 4.42. The maximum atomic E-state index is 13.8. The molecule has 3 aromatic rings. The molecular weight excluding hydrogens is 368 g/mol. The third-order valence-corrected chi connectivity index (χ3v) is 4.08. The molecule has 28 heavy (non-hydrogen) atoms. The first kappa shape index (κ1) is 19.4. The van der Waals surface area contributed by atoms with Crippen LogP contribution >= 0.6 is 0 Å². The fourth-order valence-corrected chi connectivity index (χ4v) is 2.62. The van der Waals surface area contributed by atoms with Crippen molar-refractivity contribution in [3.05, 3.63) is 83.3 Å². The molecule has 3 rings (SSSR count). The van der Waals surface area contributed by atoms with Crippen LogP contribution in [0.25, 0.3) is 0 Å². The highest BCUT2D eigenvalue weighted by molar-refractivity contribution is 5.91. The van der Waals surface area contributed by atoms with Crippen molar-refractivity contribution in [2.45, 2.75) is 13.2 Å². The lowest BCUT2D eigenvalue weighted by atomic mass is 10.2. The van der Waals surface area contributed by atoms with E-state index in [9.17, 15) is 13.6 Å². The molecule has 7 heteroatoms. The summed E-state index contributed by atoms with van der Waals surface area (Å²) in [6.45, 7) is 0.0999. The summed E-state index contributed by atoms with van der Waals surface area (Å²) in [5.74, 6) is -0.0953. The van der Waals surface area contributed by atoms with Gasteiger partial charge in [0.1, 0.15) is 24.0 Å². The summed E-state index contributed by atoms with van der Waals surface area (Å²) in [7, 11) is 3.06. The van der Waals surface area contributed by atoms with Crippen LogP contribution in [0.3, 0.4) is 0 Å². The average molecular weight is 387 g/mol. The van der Waals surface area contributed by atoms with E-state index < -0.39 is 17.5 Å². The summed E-state index contributed by atoms with van der Waals surface area (Å²) >= 11 is 0. The number of amides is 1. The zero-order valence-corrected chi connectivity index (χ0v) is 15.4. The lowest BCUT2D eigenvalue weighted by Gasteiger charge is -2.16. The van der Waals surface area contributed by atoms with Gasteiger partial charge in [0.05, 0.1) is 7.11 Å². The Hall–Kier alpha value is -3.35. The van der Waals surface area contributed by atoms with Gasteiger partial charge < -0.3 is 18.8 Å². The summed E-state index contributed by atoms with van der Waals surface area (Å²) in [4.78, 5) is 13.8. The Kier molecular flexibility index (Phi) is 5.93. The van der Waals surface area contributed by atoms with Gasteiger partial charge in [0.25, 0.3) is 5.91 Å². The number of furan rings is 1. The maximum Gasteiger partial charge on any atom is 0.289 e. The zero-order valence-electron chi connectivity index (χ0n) is 15.4. The van der Waals surface area contributed by atoms with E-state index in [0.717, 1.165) is 12.1 Å². The standard InChI is InChI=1S/C21H19F2NO4/c1-24(12-14-7-8-15(22)11-17(14)23)21(25)20-10-9-16(28-20)13-27-19-6-4-3-5-18(19)26-2/h3-11H,12-13H2,1-2H3. The molecule has 0 bridgehead atoms. The molecule has 146 valence electrons. The number of hydrogen-bond donors (Lipinski definition) is 0. The topological polar surface area (TPSA) is 51.9 Å². The maximum absolute atomic E-state index is 13.8. The summed E-state index contributed by atoms with van der Waals surface area (Å²) in [5, 5.41) is 0. The van der Waals surface area contributed by atoms with E-state index in [-0.39, 0.29) is 24.5 Å². The molecule has 0 saturated heterocycles. The third kappa shape index (κ3) is 4.49. The smallest absolute Gasteiger partial charge is 0.289 e. The van der Waals surface area contributed by atoms with Crippen molar-refractivity contribution in [2.75, 3.05) is 14.2 Å². The molecule has 1 aromatic heterocycles. The minimum Gasteiger partial charge on any atom is -0.493 e. The van der Waals surface area contributed by atoms with Gasteiger partial charge in [0, 0.05) is 25.2 Å². The van der Waals surface area contributed by atoms with Crippen LogP contribution in [-0.4, -0.2) is 25.0 Å². The van der Waals surface area contributed by atoms with Gasteiger partial charge >= 0.3 is 0 Å². The van der Waals surface area contributed by atoms with Crippen molar-refractivity contribution in [3.8, 4) is 11.5 Å². The first-order valence-corrected chi connectivity index (χ1v) is 8.52. The molecule has 1 amide bonds. The van der Waals surface area contributed by atoms with Crippen LogP contribution in [0, 0.1) is 11.6 Å². The van der Waals surface area contributed by atoms with Gasteiger partial charge in [-0.2, -0.15) is 0 Å². The molecular formula is C21H19F2NO4. The molecule has 0 radical (unpaired) electrons. The molecule has 0 saturated carbocycles. The van der Waals surface area contributed by atoms with Gasteiger partial charge in [-0.25, -0.2) is 8.78 Å². The van der Waals surface area contributed by atoms with Crippen molar-refractivity contribution in [2.24, 2.45) is 0 Å². The lowest BCUT2D eigenvalue weighted by molar-refractivity contribution is 0.0748. The number of para-hydroxylation sites is 2. The number of carbonyl (C=O) groups excluding carboxylic acids is 1. The van der Waals surface area contributed by atoms with Gasteiger partial charge in [-0.3, -0.25) is 4.79 Å². The Morgan fingerprint density at radius 3 is 2.54 bits per heavy atom. The van der Waals surface area contributed by atoms with Gasteiger partial charge in [0.2, 0.25) is 0 Å². The van der Waals surface area contributed by atoms with Crippen LogP contribution in [0.1, 0.15) is 21.9 Å². The van der Waals surface area contributed by atoms with E-state index in [4.69, 9.17) is 13.9 Å². The van der Waals surface area contributed by atoms with Crippen LogP contribution in [0.4, 0.5) is 8.78 Å². The van der Waals surface area contributed by atoms with E-state index in [2.05, 4.69) is 0 Å². The first-order valence-electron chi connectivity index (χ1n) is 8.52. The van der Waals surface area contributed by atoms with Crippen LogP contribution in [0.5, 0.6) is 11.5 Å². The molecule has 0 fully saturated rings. The summed E-state index contributed by atoms with van der Waals surface area (Å²) in [6, 6.07) is 13.6. The second-order valence-corrected chi connectivity index (χ2v) is 6.10. The Morgan fingerprint density at radius 2 is 1.82 bits per heavy atom. The normalized spacial score (nSPS) is 10.6. The number of halogens is 2. The highest BCUT2D eigenvalue weighted by Gasteiger charge is 2.18. The molecule has 0 aliphatic rings. The van der Waals surface area contributed by atoms with Crippen LogP contribution in [0.15, 0.2) is 59.0 Å². The monoisotopic (exact) mass is 387 g/mol. The Balaban J connectivity index is 1.63. The minimum absolute atomic E-state index is 0.0152. The average Bonchev–Trinajstić information content (AvgIpc) is 3.17. The Bertz CT molecular complexity index is 971. The fraction of sp³-hybridized carbons (Fsp3) is 0.190. The molecule has 5 nitrogen and oxygen atoms in total. The first-order chi connectivity index (χ1) is 13.5. The number of benzene rings is 2. The minimum atomic E-state index is -0.704. The third-order valence-electron chi connectivity index (χ3n) is 4.08. The van der Waals surface area contributed by atoms with Crippen LogP contribution in [-0.2, 0) is 13.2 Å². The number of methoxy groups -OCH3 is 1. The number of carbonyl (C=O) groups is 1. The van der Waals surface area contributed by atoms with Gasteiger partial charge in [-0.05, 0) is 30.3 Å². The SMILES string of the molecule is COc1ccccc1OCc1ccc(C(=O)N(C)Cc2ccc(F)cc2F)o1. The number of ether oxygens (including phenoxy) is 2. The van der Waals surface area contributed by atoms with E-state index >= 15 is 0 Å². The Morgan fingerprint density at radius 1 is 1.07 bits per heavy atom. The van der Waals surface area contributed by atoms with Gasteiger partial charge in [-0.1, -0.05) is 18.2 Å². The van der Waals surface area contributed by atoms with E-state index in [1.807, 2.05) is 12.1 Å². The van der Waals surface area contributed by atoms with Crippen LogP contribution in [0.2, 0.25) is 0 Å². The highest BCUT2D eigenvalue weighted by atomic mass is 19.1. The van der Waals surface area contributed by atoms with E-state index in [1.54, 1.807) is 25.3 Å². The van der Waals surface area contributed by atoms with E-state index in [0.29, 0.717) is 17.3 Å². The van der Waals surface area contributed by atoms with Crippen molar-refractivity contribution in [1.29, 1.82) is 0 Å². The molecule has 1 heterocycles. The highest BCUT2D eigenvalue weighted by Crippen LogP contribution is 2.27. The molecule has 0 aliphatic heterocycles. The number of hydrogen-bond acceptors (Lipinski definition) is 4. The second kappa shape index (κ2) is 8.56. The van der Waals surface area contributed by atoms with Crippen molar-refractivity contribution < 1.29 is 27.5 Å². The zero-order chi connectivity index (χ0) is 20.1. The Labute approximate surface area is 161 Å². The van der Waals surface area contributed by atoms with Gasteiger partial charge in [-0.15, -0.1) is 0 Å². The van der Waals surface area contributed by atoms with Crippen molar-refractivity contribution in [1.82, 2.24) is 4.90 Å². The lowest BCUT2D eigenvalue weighted by Crippen LogP contribution is -2.26. The largest absolute Gasteiger partial charge is 0.493 e. The molecule has 0 unspecified atom stereocenters. The molecule has 0 atom stereocenters. The second-order valence-electron chi connectivity index (χ2n) is 6.10. The molecule has 0 aliphatic carbocycles. The van der Waals surface area contributed by atoms with E-state index in [1.165, 1.54) is 24.1 Å². The fourth-order valence-electron chi connectivity index (χ4n) is 2.62. The quantitative estimate of drug-likeness (QED) is 0.602. The number of nitrogens with zero attached hydrogens (tertiary/aromatic N) is 1. The summed E-state index contributed by atoms with van der Waals surface area (Å²) in [6.07, 6.45) is 0. The van der Waals surface area contributed by atoms with Gasteiger partial charge in [0.15, 0.2) is 17.3 Å². The molecule has 0 N–H and O–H groups in total. The predicted molar refractivity (Wildman–Crippen MR) is 98.2 cm³/mol.